The van der Waals surface area contributed by atoms with Crippen LogP contribution in [0, 0.1) is 5.92 Å². The minimum absolute atomic E-state index is 0.231. The van der Waals surface area contributed by atoms with Crippen LogP contribution in [0.5, 0.6) is 0 Å². The summed E-state index contributed by atoms with van der Waals surface area (Å²) in [5.41, 5.74) is 6.25. The molecule has 1 saturated carbocycles. The molecule has 0 radical (unpaired) electrons. The lowest BCUT2D eigenvalue weighted by molar-refractivity contribution is 0.308. The molecule has 1 fully saturated rings. The second-order valence-corrected chi connectivity index (χ2v) is 4.20. The first-order valence-electron chi connectivity index (χ1n) is 4.69. The molecule has 1 heterocycles. The number of rotatable bonds is 2. The Morgan fingerprint density at radius 3 is 2.93 bits per heavy atom. The van der Waals surface area contributed by atoms with Crippen LogP contribution in [-0.2, 0) is 0 Å². The van der Waals surface area contributed by atoms with Crippen molar-refractivity contribution in [3.8, 4) is 0 Å². The van der Waals surface area contributed by atoms with Crippen molar-refractivity contribution in [1.29, 1.82) is 0 Å². The summed E-state index contributed by atoms with van der Waals surface area (Å²) in [4.78, 5) is 7.83. The highest BCUT2D eigenvalue weighted by atomic mass is 35.5. The van der Waals surface area contributed by atoms with Crippen LogP contribution in [0.2, 0.25) is 5.28 Å². The van der Waals surface area contributed by atoms with Gasteiger partial charge in [0.2, 0.25) is 5.28 Å². The minimum Gasteiger partial charge on any atom is -0.394 e. The smallest absolute Gasteiger partial charge is 0.224 e. The fraction of sp³-hybridized carbons (Fsp3) is 0.556. The van der Waals surface area contributed by atoms with Crippen LogP contribution in [-0.4, -0.2) is 16.0 Å². The summed E-state index contributed by atoms with van der Waals surface area (Å²) in [7, 11) is 0. The molecule has 1 aromatic heterocycles. The van der Waals surface area contributed by atoms with E-state index in [1.54, 1.807) is 0 Å². The minimum atomic E-state index is 0.231. The Kier molecular flexibility index (Phi) is 2.46. The third kappa shape index (κ3) is 1.90. The van der Waals surface area contributed by atoms with Crippen LogP contribution in [0.25, 0.3) is 0 Å². The number of halogens is 1. The van der Waals surface area contributed by atoms with Crippen molar-refractivity contribution in [3.63, 3.8) is 0 Å². The summed E-state index contributed by atoms with van der Waals surface area (Å²) in [6, 6.07) is 0.485. The number of nitrogens with two attached hydrogens (primary N) is 1. The van der Waals surface area contributed by atoms with Crippen molar-refractivity contribution in [2.24, 2.45) is 5.92 Å². The summed E-state index contributed by atoms with van der Waals surface area (Å²) in [5, 5.41) is 3.49. The topological polar surface area (TPSA) is 63.8 Å². The van der Waals surface area contributed by atoms with E-state index in [-0.39, 0.29) is 5.28 Å². The van der Waals surface area contributed by atoms with E-state index in [1.807, 2.05) is 0 Å². The Labute approximate surface area is 87.9 Å². The van der Waals surface area contributed by atoms with E-state index in [2.05, 4.69) is 22.2 Å². The van der Waals surface area contributed by atoms with Gasteiger partial charge >= 0.3 is 0 Å². The van der Waals surface area contributed by atoms with E-state index in [4.69, 9.17) is 17.3 Å². The van der Waals surface area contributed by atoms with Gasteiger partial charge in [-0.3, -0.25) is 0 Å². The van der Waals surface area contributed by atoms with Gasteiger partial charge in [-0.05, 0) is 30.4 Å². The summed E-state index contributed by atoms with van der Waals surface area (Å²) >= 11 is 5.67. The predicted molar refractivity (Wildman–Crippen MR) is 57.3 cm³/mol. The normalized spacial score (nSPS) is 25.6. The molecule has 0 amide bonds. The Hall–Kier alpha value is -1.03. The van der Waals surface area contributed by atoms with Gasteiger partial charge in [-0.25, -0.2) is 4.98 Å². The van der Waals surface area contributed by atoms with Crippen LogP contribution >= 0.6 is 11.6 Å². The highest BCUT2D eigenvalue weighted by Gasteiger charge is 2.25. The molecule has 0 bridgehead atoms. The zero-order valence-corrected chi connectivity index (χ0v) is 8.75. The Balaban J connectivity index is 2.05. The number of hydrogen-bond acceptors (Lipinski definition) is 4. The lowest BCUT2D eigenvalue weighted by Crippen LogP contribution is -2.34. The van der Waals surface area contributed by atoms with Crippen molar-refractivity contribution in [3.05, 3.63) is 11.5 Å². The maximum absolute atomic E-state index is 5.71. The van der Waals surface area contributed by atoms with Gasteiger partial charge in [-0.2, -0.15) is 4.98 Å². The van der Waals surface area contributed by atoms with Crippen molar-refractivity contribution in [2.75, 3.05) is 11.1 Å². The molecule has 3 N–H and O–H groups in total. The fourth-order valence-corrected chi connectivity index (χ4v) is 1.83. The van der Waals surface area contributed by atoms with Crippen LogP contribution < -0.4 is 11.1 Å². The molecule has 0 unspecified atom stereocenters. The fourth-order valence-electron chi connectivity index (χ4n) is 1.70. The van der Waals surface area contributed by atoms with E-state index in [1.165, 1.54) is 19.0 Å². The number of hydrogen-bond donors (Lipinski definition) is 2. The summed E-state index contributed by atoms with van der Waals surface area (Å²) in [6.07, 6.45) is 3.86. The van der Waals surface area contributed by atoms with Gasteiger partial charge < -0.3 is 11.1 Å². The van der Waals surface area contributed by atoms with Gasteiger partial charge in [0.1, 0.15) is 0 Å². The van der Waals surface area contributed by atoms with E-state index in [0.717, 1.165) is 5.92 Å². The molecule has 2 rings (SSSR count). The number of nitrogen functional groups attached to an aromatic ring is 1. The lowest BCUT2D eigenvalue weighted by Gasteiger charge is -2.33. The van der Waals surface area contributed by atoms with E-state index >= 15 is 0 Å². The van der Waals surface area contributed by atoms with Crippen molar-refractivity contribution < 1.29 is 0 Å². The second kappa shape index (κ2) is 3.61. The number of anilines is 2. The molecule has 0 spiro atoms. The summed E-state index contributed by atoms with van der Waals surface area (Å²) in [6.45, 7) is 2.23. The molecule has 1 aromatic rings. The highest BCUT2D eigenvalue weighted by molar-refractivity contribution is 6.28. The van der Waals surface area contributed by atoms with Crippen molar-refractivity contribution in [2.45, 2.75) is 25.8 Å². The predicted octanol–water partition coefficient (Wildman–Crippen LogP) is 1.92. The lowest BCUT2D eigenvalue weighted by atomic mass is 9.82. The standard InChI is InChI=1S/C9H13ClN4/c1-5-2-6(3-5)13-8-7(11)4-12-9(10)14-8/h4-6H,2-3,11H2,1H3,(H,12,13,14). The first-order valence-corrected chi connectivity index (χ1v) is 5.07. The third-order valence-electron chi connectivity index (χ3n) is 2.50. The molecule has 0 aromatic carbocycles. The van der Waals surface area contributed by atoms with E-state index in [9.17, 15) is 0 Å². The zero-order valence-electron chi connectivity index (χ0n) is 8.00. The van der Waals surface area contributed by atoms with Crippen LogP contribution in [0.1, 0.15) is 19.8 Å². The average molecular weight is 213 g/mol. The van der Waals surface area contributed by atoms with E-state index < -0.39 is 0 Å². The van der Waals surface area contributed by atoms with Gasteiger partial charge in [0.25, 0.3) is 0 Å². The largest absolute Gasteiger partial charge is 0.394 e. The monoisotopic (exact) mass is 212 g/mol. The second-order valence-electron chi connectivity index (χ2n) is 3.86. The molecule has 5 heteroatoms. The summed E-state index contributed by atoms with van der Waals surface area (Å²) in [5.74, 6) is 1.45. The zero-order chi connectivity index (χ0) is 10.1. The van der Waals surface area contributed by atoms with Gasteiger partial charge in [-0.15, -0.1) is 0 Å². The number of nitrogens with zero attached hydrogens (tertiary/aromatic N) is 2. The van der Waals surface area contributed by atoms with Crippen LogP contribution in [0.15, 0.2) is 6.20 Å². The molecule has 0 saturated heterocycles. The Morgan fingerprint density at radius 2 is 2.29 bits per heavy atom. The van der Waals surface area contributed by atoms with Crippen LogP contribution in [0.3, 0.4) is 0 Å². The first kappa shape index (κ1) is 9.52. The Bertz CT molecular complexity index is 336. The average Bonchev–Trinajstić information content (AvgIpc) is 2.09. The molecular weight excluding hydrogens is 200 g/mol. The molecule has 0 aliphatic heterocycles. The van der Waals surface area contributed by atoms with Gasteiger partial charge in [-0.1, -0.05) is 6.92 Å². The van der Waals surface area contributed by atoms with Gasteiger partial charge in [0, 0.05) is 6.04 Å². The summed E-state index contributed by atoms with van der Waals surface area (Å²) < 4.78 is 0. The molecule has 1 aliphatic carbocycles. The third-order valence-corrected chi connectivity index (χ3v) is 2.68. The number of aromatic nitrogens is 2. The highest BCUT2D eigenvalue weighted by Crippen LogP contribution is 2.30. The molecule has 14 heavy (non-hydrogen) atoms. The first-order chi connectivity index (χ1) is 6.65. The van der Waals surface area contributed by atoms with E-state index in [0.29, 0.717) is 17.5 Å². The quantitative estimate of drug-likeness (QED) is 0.736. The molecule has 4 nitrogen and oxygen atoms in total. The molecule has 1 aliphatic rings. The van der Waals surface area contributed by atoms with Crippen molar-refractivity contribution >= 4 is 23.1 Å². The molecular formula is C9H13ClN4. The van der Waals surface area contributed by atoms with Crippen molar-refractivity contribution in [1.82, 2.24) is 9.97 Å². The SMILES string of the molecule is CC1CC(Nc2nc(Cl)ncc2N)C1. The maximum Gasteiger partial charge on any atom is 0.224 e. The maximum atomic E-state index is 5.71. The Morgan fingerprint density at radius 1 is 1.57 bits per heavy atom. The van der Waals surface area contributed by atoms with Gasteiger partial charge in [0.05, 0.1) is 11.9 Å². The van der Waals surface area contributed by atoms with Gasteiger partial charge in [0.15, 0.2) is 5.82 Å². The van der Waals surface area contributed by atoms with Crippen LogP contribution in [0.4, 0.5) is 11.5 Å². The number of nitrogens with one attached hydrogen (secondary N) is 1. The molecule has 0 atom stereocenters. The molecule has 76 valence electrons.